The van der Waals surface area contributed by atoms with Crippen LogP contribution in [0, 0.1) is 6.92 Å². The summed E-state index contributed by atoms with van der Waals surface area (Å²) >= 11 is 0. The number of unbranched alkanes of at least 4 members (excludes halogenated alkanes) is 1. The maximum absolute atomic E-state index is 13.5. The summed E-state index contributed by atoms with van der Waals surface area (Å²) in [7, 11) is 0. The van der Waals surface area contributed by atoms with Crippen LogP contribution in [0.3, 0.4) is 0 Å². The summed E-state index contributed by atoms with van der Waals surface area (Å²) in [6, 6.07) is 2.66. The molecule has 0 aliphatic carbocycles. The summed E-state index contributed by atoms with van der Waals surface area (Å²) < 4.78 is 2.08. The number of piperazine rings is 1. The van der Waals surface area contributed by atoms with Gasteiger partial charge in [0.1, 0.15) is 5.65 Å². The second-order valence-corrected chi connectivity index (χ2v) is 10.1. The molecule has 0 N–H and O–H groups in total. The lowest BCUT2D eigenvalue weighted by molar-refractivity contribution is -0.122. The van der Waals surface area contributed by atoms with Crippen LogP contribution in [0.1, 0.15) is 50.4 Å². The summed E-state index contributed by atoms with van der Waals surface area (Å²) in [5.41, 5.74) is 7.07. The number of carbonyl (C=O) groups is 1. The van der Waals surface area contributed by atoms with Gasteiger partial charge in [-0.05, 0) is 74.2 Å². The number of hydrogen-bond acceptors (Lipinski definition) is 4. The van der Waals surface area contributed by atoms with Gasteiger partial charge < -0.3 is 9.30 Å². The minimum absolute atomic E-state index is 0.0305. The fraction of sp³-hybridized carbons (Fsp3) is 0.400. The highest BCUT2D eigenvalue weighted by Crippen LogP contribution is 2.27. The molecular formula is C30H37N5O. The van der Waals surface area contributed by atoms with Gasteiger partial charge in [0.05, 0.1) is 11.4 Å². The summed E-state index contributed by atoms with van der Waals surface area (Å²) in [5, 5.41) is 0. The molecule has 1 saturated heterocycles. The van der Waals surface area contributed by atoms with E-state index in [2.05, 4.69) is 64.4 Å². The molecule has 188 valence electrons. The molecule has 5 heterocycles. The monoisotopic (exact) mass is 483 g/mol. The van der Waals surface area contributed by atoms with Crippen LogP contribution in [0.25, 0.3) is 11.2 Å². The lowest BCUT2D eigenvalue weighted by Crippen LogP contribution is -2.51. The summed E-state index contributed by atoms with van der Waals surface area (Å²) in [6.45, 7) is 12.9. The largest absolute Gasteiger partial charge is 0.367 e. The highest BCUT2D eigenvalue weighted by molar-refractivity contribution is 6.00. The minimum atomic E-state index is -0.0305. The van der Waals surface area contributed by atoms with E-state index >= 15 is 0 Å². The van der Waals surface area contributed by atoms with Crippen molar-refractivity contribution < 1.29 is 4.79 Å². The third-order valence-electron chi connectivity index (χ3n) is 7.41. The van der Waals surface area contributed by atoms with Crippen molar-refractivity contribution in [3.63, 3.8) is 0 Å². The number of aromatic nitrogens is 2. The van der Waals surface area contributed by atoms with Crippen molar-refractivity contribution in [3.8, 4) is 0 Å². The zero-order valence-corrected chi connectivity index (χ0v) is 21.9. The number of imidazole rings is 1. The van der Waals surface area contributed by atoms with Crippen LogP contribution < -0.4 is 0 Å². The molecular weight excluding hydrogens is 446 g/mol. The van der Waals surface area contributed by atoms with Gasteiger partial charge in [0.2, 0.25) is 0 Å². The van der Waals surface area contributed by atoms with Gasteiger partial charge >= 0.3 is 0 Å². The number of allylic oxidation sites excluding steroid dienone is 6. The van der Waals surface area contributed by atoms with E-state index in [0.29, 0.717) is 6.04 Å². The molecule has 3 aliphatic rings. The lowest BCUT2D eigenvalue weighted by atomic mass is 10.0. The van der Waals surface area contributed by atoms with E-state index in [1.54, 1.807) is 11.0 Å². The molecule has 0 radical (unpaired) electrons. The van der Waals surface area contributed by atoms with Crippen LogP contribution in [0.15, 0.2) is 72.5 Å². The topological polar surface area (TPSA) is 44.1 Å². The van der Waals surface area contributed by atoms with Crippen molar-refractivity contribution in [3.05, 3.63) is 89.3 Å². The van der Waals surface area contributed by atoms with Crippen LogP contribution in [-0.4, -0.2) is 62.2 Å². The standard InChI is InChI=1S/C30H37N5O/c1-5-7-13-32-14-15-33(19-23(32)4)28-12-11-27-10-8-9-25(17-29(36)35(27)21-28)26-16-24(6-2)30-31-22(3)18-34(30)20-26/h8-12,16-18,20-21,23H,5-7,13-15,19H2,1-4H3/b9-8+,25-17+,27-10+/t23-/m1/s1. The minimum Gasteiger partial charge on any atom is -0.367 e. The van der Waals surface area contributed by atoms with Crippen molar-refractivity contribution in [2.45, 2.75) is 53.0 Å². The summed E-state index contributed by atoms with van der Waals surface area (Å²) in [5.74, 6) is -0.0305. The Morgan fingerprint density at radius 3 is 2.69 bits per heavy atom. The van der Waals surface area contributed by atoms with E-state index < -0.39 is 0 Å². The van der Waals surface area contributed by atoms with E-state index in [9.17, 15) is 4.79 Å². The fourth-order valence-corrected chi connectivity index (χ4v) is 5.33. The predicted octanol–water partition coefficient (Wildman–Crippen LogP) is 5.09. The first-order valence-electron chi connectivity index (χ1n) is 13.3. The maximum Gasteiger partial charge on any atom is 0.255 e. The fourth-order valence-electron chi connectivity index (χ4n) is 5.33. The number of carbonyl (C=O) groups excluding carboxylic acids is 1. The molecule has 6 nitrogen and oxygen atoms in total. The van der Waals surface area contributed by atoms with Crippen molar-refractivity contribution in [2.24, 2.45) is 0 Å². The first-order chi connectivity index (χ1) is 17.5. The molecule has 0 bridgehead atoms. The summed E-state index contributed by atoms with van der Waals surface area (Å²) in [4.78, 5) is 25.0. The number of nitrogens with zero attached hydrogens (tertiary/aromatic N) is 5. The molecule has 36 heavy (non-hydrogen) atoms. The zero-order chi connectivity index (χ0) is 25.2. The van der Waals surface area contributed by atoms with E-state index in [0.717, 1.165) is 59.9 Å². The number of fused-ring (bicyclic) bond motifs is 2. The Balaban J connectivity index is 1.41. The van der Waals surface area contributed by atoms with Gasteiger partial charge in [0, 0.05) is 56.0 Å². The first-order valence-corrected chi connectivity index (χ1v) is 13.3. The van der Waals surface area contributed by atoms with E-state index in [4.69, 9.17) is 0 Å². The zero-order valence-electron chi connectivity index (χ0n) is 21.9. The van der Waals surface area contributed by atoms with Gasteiger partial charge in [-0.15, -0.1) is 0 Å². The van der Waals surface area contributed by atoms with Crippen LogP contribution in [0.5, 0.6) is 0 Å². The molecule has 2 aromatic rings. The van der Waals surface area contributed by atoms with E-state index in [1.165, 1.54) is 24.9 Å². The molecule has 2 aromatic heterocycles. The lowest BCUT2D eigenvalue weighted by Gasteiger charge is -2.42. The Labute approximate surface area is 214 Å². The molecule has 1 amide bonds. The molecule has 3 aliphatic heterocycles. The molecule has 6 heteroatoms. The Kier molecular flexibility index (Phi) is 6.97. The van der Waals surface area contributed by atoms with Gasteiger partial charge in [-0.2, -0.15) is 0 Å². The quantitative estimate of drug-likeness (QED) is 0.574. The number of pyridine rings is 1. The second kappa shape index (κ2) is 10.3. The van der Waals surface area contributed by atoms with Crippen molar-refractivity contribution in [1.29, 1.82) is 0 Å². The van der Waals surface area contributed by atoms with Crippen molar-refractivity contribution in [1.82, 2.24) is 24.1 Å². The SMILES string of the molecule is CCCCN1CCN(C2=CN3C(=O)\C=C(c4cc(CC)c5nc(C)cn5c4)/C=C/C=C/3C=C2)C[C@H]1C. The summed E-state index contributed by atoms with van der Waals surface area (Å²) in [6.07, 6.45) is 21.5. The Hall–Kier alpha value is -3.38. The normalized spacial score (nSPS) is 24.5. The molecule has 0 spiro atoms. The third-order valence-corrected chi connectivity index (χ3v) is 7.41. The van der Waals surface area contributed by atoms with Crippen LogP contribution in [0.4, 0.5) is 0 Å². The molecule has 0 saturated carbocycles. The number of hydrogen-bond donors (Lipinski definition) is 0. The maximum atomic E-state index is 13.5. The van der Waals surface area contributed by atoms with Gasteiger partial charge in [0.15, 0.2) is 0 Å². The predicted molar refractivity (Wildman–Crippen MR) is 146 cm³/mol. The second-order valence-electron chi connectivity index (χ2n) is 10.1. The Morgan fingerprint density at radius 2 is 1.92 bits per heavy atom. The number of rotatable bonds is 6. The van der Waals surface area contributed by atoms with Crippen molar-refractivity contribution in [2.75, 3.05) is 26.2 Å². The highest BCUT2D eigenvalue weighted by atomic mass is 16.2. The Bertz CT molecular complexity index is 1310. The van der Waals surface area contributed by atoms with Crippen LogP contribution >= 0.6 is 0 Å². The van der Waals surface area contributed by atoms with E-state index in [-0.39, 0.29) is 5.91 Å². The highest BCUT2D eigenvalue weighted by Gasteiger charge is 2.26. The average Bonchev–Trinajstić information content (AvgIpc) is 3.25. The molecule has 1 atom stereocenters. The number of amides is 1. The van der Waals surface area contributed by atoms with Crippen LogP contribution in [0.2, 0.25) is 0 Å². The van der Waals surface area contributed by atoms with Gasteiger partial charge in [-0.25, -0.2) is 4.98 Å². The molecule has 1 fully saturated rings. The average molecular weight is 484 g/mol. The molecule has 0 unspecified atom stereocenters. The van der Waals surface area contributed by atoms with Gasteiger partial charge in [-0.3, -0.25) is 14.6 Å². The first kappa shape index (κ1) is 24.3. The number of aryl methyl sites for hydroxylation is 2. The van der Waals surface area contributed by atoms with Gasteiger partial charge in [0.25, 0.3) is 5.91 Å². The smallest absolute Gasteiger partial charge is 0.255 e. The third kappa shape index (κ3) is 4.82. The molecule has 0 aromatic carbocycles. The molecule has 5 rings (SSSR count). The van der Waals surface area contributed by atoms with Crippen LogP contribution in [-0.2, 0) is 11.2 Å². The Morgan fingerprint density at radius 1 is 1.08 bits per heavy atom. The van der Waals surface area contributed by atoms with E-state index in [1.807, 2.05) is 37.5 Å². The van der Waals surface area contributed by atoms with Gasteiger partial charge in [-0.1, -0.05) is 32.4 Å². The van der Waals surface area contributed by atoms with Crippen molar-refractivity contribution >= 4 is 17.1 Å².